The Morgan fingerprint density at radius 1 is 1.00 bits per heavy atom. The average molecular weight is 654 g/mol. The van der Waals surface area contributed by atoms with E-state index in [0.717, 1.165) is 35.1 Å². The van der Waals surface area contributed by atoms with Crippen LogP contribution < -0.4 is 21.6 Å². The number of aromatic nitrogens is 4. The first-order chi connectivity index (χ1) is 22.9. The predicted molar refractivity (Wildman–Crippen MR) is 183 cm³/mol. The molecule has 5 rings (SSSR count). The molecule has 2 aromatic carbocycles. The highest BCUT2D eigenvalue weighted by Gasteiger charge is 2.30. The number of carbonyl (C=O) groups excluding carboxylic acids is 3. The van der Waals surface area contributed by atoms with Crippen molar-refractivity contribution in [3.63, 3.8) is 0 Å². The van der Waals surface area contributed by atoms with Crippen LogP contribution in [0.15, 0.2) is 71.8 Å². The van der Waals surface area contributed by atoms with E-state index in [9.17, 15) is 19.2 Å². The van der Waals surface area contributed by atoms with Crippen LogP contribution in [0, 0.1) is 18.8 Å². The molecule has 252 valence electrons. The maximum absolute atomic E-state index is 13.8. The number of amides is 3. The van der Waals surface area contributed by atoms with Crippen LogP contribution in [-0.4, -0.2) is 56.3 Å². The Kier molecular flexibility index (Phi) is 10.7. The zero-order valence-electron chi connectivity index (χ0n) is 27.8. The van der Waals surface area contributed by atoms with Crippen molar-refractivity contribution >= 4 is 23.6 Å². The maximum atomic E-state index is 13.8. The molecule has 3 amide bonds. The van der Waals surface area contributed by atoms with E-state index in [1.54, 1.807) is 30.5 Å². The molecule has 1 saturated carbocycles. The van der Waals surface area contributed by atoms with Crippen molar-refractivity contribution in [1.82, 2.24) is 30.8 Å². The summed E-state index contributed by atoms with van der Waals surface area (Å²) in [6.45, 7) is 7.97. The van der Waals surface area contributed by atoms with E-state index in [4.69, 9.17) is 4.74 Å². The Morgan fingerprint density at radius 2 is 1.75 bits per heavy atom. The van der Waals surface area contributed by atoms with Crippen LogP contribution in [0.1, 0.15) is 57.6 Å². The number of H-pyrrole nitrogens is 2. The van der Waals surface area contributed by atoms with Gasteiger partial charge >= 0.3 is 11.8 Å². The Labute approximate surface area is 279 Å². The summed E-state index contributed by atoms with van der Waals surface area (Å²) in [5.74, 6) is -0.0955. The molecule has 48 heavy (non-hydrogen) atoms. The van der Waals surface area contributed by atoms with Gasteiger partial charge < -0.3 is 20.7 Å². The fourth-order valence-corrected chi connectivity index (χ4v) is 5.92. The van der Waals surface area contributed by atoms with E-state index < -0.39 is 23.4 Å². The summed E-state index contributed by atoms with van der Waals surface area (Å²) >= 11 is 0. The highest BCUT2D eigenvalue weighted by Crippen LogP contribution is 2.29. The van der Waals surface area contributed by atoms with Crippen molar-refractivity contribution in [2.24, 2.45) is 11.8 Å². The van der Waals surface area contributed by atoms with Gasteiger partial charge in [0.2, 0.25) is 11.8 Å². The van der Waals surface area contributed by atoms with Gasteiger partial charge in [0, 0.05) is 42.5 Å². The number of pyridine rings is 1. The van der Waals surface area contributed by atoms with Gasteiger partial charge in [-0.05, 0) is 112 Å². The molecule has 1 fully saturated rings. The van der Waals surface area contributed by atoms with Crippen molar-refractivity contribution in [1.29, 1.82) is 0 Å². The largest absolute Gasteiger partial charge is 0.444 e. The van der Waals surface area contributed by atoms with Gasteiger partial charge in [0.1, 0.15) is 11.6 Å². The third kappa shape index (κ3) is 9.40. The lowest BCUT2D eigenvalue weighted by Gasteiger charge is -2.29. The molecule has 0 spiro atoms. The SMILES string of the molecule is Cc1cnccc1-c1cccc(CC(NC(=O)C2CCC(CNC(=O)OC(C)(C)C)CC2)C(=O)Nc2ccc(-c3n[nH]c(=O)[nH]3)cc2)c1. The third-order valence-corrected chi connectivity index (χ3v) is 8.41. The zero-order valence-corrected chi connectivity index (χ0v) is 27.8. The van der Waals surface area contributed by atoms with Crippen LogP contribution in [0.3, 0.4) is 0 Å². The fourth-order valence-electron chi connectivity index (χ4n) is 5.92. The number of rotatable bonds is 10. The molecule has 12 heteroatoms. The minimum absolute atomic E-state index is 0.160. The van der Waals surface area contributed by atoms with Gasteiger partial charge in [-0.2, -0.15) is 5.10 Å². The zero-order chi connectivity index (χ0) is 34.3. The summed E-state index contributed by atoms with van der Waals surface area (Å²) in [4.78, 5) is 57.7. The standard InChI is InChI=1S/C36H43N7O5/c1-22-20-37-17-16-29(22)27-7-5-6-24(18-27)19-30(33(45)39-28-14-12-25(13-15-28)31-41-34(46)43-42-31)40-32(44)26-10-8-23(9-11-26)21-38-35(47)48-36(2,3)4/h5-7,12-18,20,23,26,30H,8-11,19,21H2,1-4H3,(H,38,47)(H,39,45)(H,40,44)(H2,41,42,43,46). The summed E-state index contributed by atoms with van der Waals surface area (Å²) < 4.78 is 5.34. The van der Waals surface area contributed by atoms with Crippen molar-refractivity contribution in [3.05, 3.63) is 88.6 Å². The number of hydrogen-bond acceptors (Lipinski definition) is 7. The van der Waals surface area contributed by atoms with Gasteiger partial charge in [-0.25, -0.2) is 14.7 Å². The lowest BCUT2D eigenvalue weighted by molar-refractivity contribution is -0.130. The number of nitrogens with one attached hydrogen (secondary N) is 5. The molecule has 1 unspecified atom stereocenters. The van der Waals surface area contributed by atoms with Gasteiger partial charge in [0.15, 0.2) is 5.82 Å². The summed E-state index contributed by atoms with van der Waals surface area (Å²) in [6.07, 6.45) is 6.31. The number of aromatic amines is 2. The molecular formula is C36H43N7O5. The van der Waals surface area contributed by atoms with Gasteiger partial charge in [-0.15, -0.1) is 0 Å². The van der Waals surface area contributed by atoms with Gasteiger partial charge in [-0.1, -0.05) is 24.3 Å². The number of benzene rings is 2. The molecule has 0 aliphatic heterocycles. The minimum Gasteiger partial charge on any atom is -0.444 e. The highest BCUT2D eigenvalue weighted by atomic mass is 16.6. The molecule has 5 N–H and O–H groups in total. The van der Waals surface area contributed by atoms with Crippen LogP contribution in [0.4, 0.5) is 10.5 Å². The Bertz CT molecular complexity index is 1780. The summed E-state index contributed by atoms with van der Waals surface area (Å²) in [5.41, 5.74) is 4.24. The van der Waals surface area contributed by atoms with Crippen molar-refractivity contribution in [2.75, 3.05) is 11.9 Å². The molecule has 1 aliphatic rings. The van der Waals surface area contributed by atoms with E-state index in [2.05, 4.69) is 36.1 Å². The lowest BCUT2D eigenvalue weighted by Crippen LogP contribution is -2.48. The van der Waals surface area contributed by atoms with E-state index in [1.807, 2.05) is 64.2 Å². The van der Waals surface area contributed by atoms with Gasteiger partial charge in [0.25, 0.3) is 0 Å². The second kappa shape index (κ2) is 15.1. The summed E-state index contributed by atoms with van der Waals surface area (Å²) in [6, 6.07) is 16.0. The van der Waals surface area contributed by atoms with Crippen molar-refractivity contribution in [3.8, 4) is 22.5 Å². The Balaban J connectivity index is 1.26. The average Bonchev–Trinajstić information content (AvgIpc) is 3.49. The van der Waals surface area contributed by atoms with Gasteiger partial charge in [0.05, 0.1) is 0 Å². The fraction of sp³-hybridized carbons (Fsp3) is 0.389. The maximum Gasteiger partial charge on any atom is 0.407 e. The van der Waals surface area contributed by atoms with Crippen LogP contribution >= 0.6 is 0 Å². The van der Waals surface area contributed by atoms with Gasteiger partial charge in [-0.3, -0.25) is 19.6 Å². The molecule has 1 atom stereocenters. The van der Waals surface area contributed by atoms with Crippen LogP contribution in [-0.2, 0) is 20.7 Å². The van der Waals surface area contributed by atoms with E-state index in [0.29, 0.717) is 36.5 Å². The Morgan fingerprint density at radius 3 is 2.42 bits per heavy atom. The first-order valence-electron chi connectivity index (χ1n) is 16.3. The summed E-state index contributed by atoms with van der Waals surface area (Å²) in [5, 5.41) is 15.1. The van der Waals surface area contributed by atoms with E-state index in [1.165, 1.54) is 0 Å². The van der Waals surface area contributed by atoms with Crippen molar-refractivity contribution in [2.45, 2.75) is 71.4 Å². The second-order valence-corrected chi connectivity index (χ2v) is 13.3. The van der Waals surface area contributed by atoms with Crippen LogP contribution in [0.2, 0.25) is 0 Å². The number of ether oxygens (including phenoxy) is 1. The normalized spacial score (nSPS) is 16.8. The molecule has 0 bridgehead atoms. The van der Waals surface area contributed by atoms with Crippen LogP contribution in [0.25, 0.3) is 22.5 Å². The molecule has 0 saturated heterocycles. The quantitative estimate of drug-likeness (QED) is 0.158. The molecular weight excluding hydrogens is 610 g/mol. The van der Waals surface area contributed by atoms with E-state index >= 15 is 0 Å². The van der Waals surface area contributed by atoms with Crippen molar-refractivity contribution < 1.29 is 19.1 Å². The van der Waals surface area contributed by atoms with Crippen LogP contribution in [0.5, 0.6) is 0 Å². The number of hydrogen-bond donors (Lipinski definition) is 5. The summed E-state index contributed by atoms with van der Waals surface area (Å²) in [7, 11) is 0. The number of carbonyl (C=O) groups is 3. The molecule has 4 aromatic rings. The first-order valence-corrected chi connectivity index (χ1v) is 16.3. The number of nitrogens with zero attached hydrogens (tertiary/aromatic N) is 2. The molecule has 1 aliphatic carbocycles. The Hall–Kier alpha value is -5.26. The number of alkyl carbamates (subject to hydrolysis) is 1. The number of aryl methyl sites for hydroxylation is 1. The molecule has 2 heterocycles. The molecule has 0 radical (unpaired) electrons. The monoisotopic (exact) mass is 653 g/mol. The minimum atomic E-state index is -0.833. The molecule has 12 nitrogen and oxygen atoms in total. The third-order valence-electron chi connectivity index (χ3n) is 8.41. The topological polar surface area (TPSA) is 171 Å². The highest BCUT2D eigenvalue weighted by molar-refractivity contribution is 5.97. The predicted octanol–water partition coefficient (Wildman–Crippen LogP) is 5.13. The number of anilines is 1. The molecule has 2 aromatic heterocycles. The second-order valence-electron chi connectivity index (χ2n) is 13.3. The lowest BCUT2D eigenvalue weighted by atomic mass is 9.81. The first kappa shape index (κ1) is 34.1. The van der Waals surface area contributed by atoms with E-state index in [-0.39, 0.29) is 30.1 Å². The smallest absolute Gasteiger partial charge is 0.407 e.